The highest BCUT2D eigenvalue weighted by Crippen LogP contribution is 2.42. The minimum Gasteiger partial charge on any atom is -0.407 e. The van der Waals surface area contributed by atoms with Crippen molar-refractivity contribution in [3.63, 3.8) is 0 Å². The lowest BCUT2D eigenvalue weighted by atomic mass is 9.97. The number of pyridine rings is 1. The van der Waals surface area contributed by atoms with Crippen LogP contribution < -0.4 is 4.74 Å². The molecule has 28 heavy (non-hydrogen) atoms. The summed E-state index contributed by atoms with van der Waals surface area (Å²) in [5.41, 5.74) is 4.33. The maximum atomic E-state index is 11.8. The Morgan fingerprint density at radius 3 is 2.36 bits per heavy atom. The molecule has 0 unspecified atom stereocenters. The highest BCUT2D eigenvalue weighted by Gasteiger charge is 2.20. The average molecular weight is 406 g/mol. The predicted octanol–water partition coefficient (Wildman–Crippen LogP) is 6.72. The van der Waals surface area contributed by atoms with Crippen molar-refractivity contribution >= 4 is 28.9 Å². The zero-order valence-corrected chi connectivity index (χ0v) is 16.6. The monoisotopic (exact) mass is 405 g/mol. The zero-order chi connectivity index (χ0) is 19.5. The van der Waals surface area contributed by atoms with Crippen molar-refractivity contribution in [3.8, 4) is 38.7 Å². The number of benzene rings is 2. The summed E-state index contributed by atoms with van der Waals surface area (Å²) in [6.45, 7) is 1.39. The Morgan fingerprint density at radius 2 is 1.71 bits per heavy atom. The first kappa shape index (κ1) is 18.4. The quantitative estimate of drug-likeness (QED) is 0.353. The summed E-state index contributed by atoms with van der Waals surface area (Å²) < 4.78 is 5.55. The second kappa shape index (κ2) is 7.97. The molecule has 4 aromatic rings. The molecule has 0 N–H and O–H groups in total. The molecular weight excluding hydrogens is 390 g/mol. The van der Waals surface area contributed by atoms with Crippen molar-refractivity contribution in [2.75, 3.05) is 0 Å². The zero-order valence-electron chi connectivity index (χ0n) is 15.1. The number of carbonyl (C=O) groups is 1. The molecule has 138 valence electrons. The van der Waals surface area contributed by atoms with Crippen LogP contribution in [0, 0.1) is 0 Å². The van der Waals surface area contributed by atoms with Gasteiger partial charge in [0.15, 0.2) is 0 Å². The highest BCUT2D eigenvalue weighted by molar-refractivity contribution is 7.13. The van der Waals surface area contributed by atoms with Gasteiger partial charge in [-0.1, -0.05) is 60.1 Å². The number of aromatic nitrogens is 1. The van der Waals surface area contributed by atoms with Gasteiger partial charge in [0, 0.05) is 28.0 Å². The highest BCUT2D eigenvalue weighted by atomic mass is 35.5. The first-order valence-electron chi connectivity index (χ1n) is 8.70. The standard InChI is InChI=1S/C23H16ClNO2S/c1-15(26)27-23-22(17-6-3-2-4-7-17)19(21-8-5-13-28-21)14-20(25-23)16-9-11-18(24)12-10-16/h2-14H,1H3. The van der Waals surface area contributed by atoms with E-state index in [-0.39, 0.29) is 0 Å². The van der Waals surface area contributed by atoms with Crippen LogP contribution >= 0.6 is 22.9 Å². The third kappa shape index (κ3) is 3.84. The molecule has 2 aromatic carbocycles. The van der Waals surface area contributed by atoms with Crippen molar-refractivity contribution in [1.29, 1.82) is 0 Å². The van der Waals surface area contributed by atoms with E-state index in [0.29, 0.717) is 10.9 Å². The van der Waals surface area contributed by atoms with Crippen molar-refractivity contribution in [2.24, 2.45) is 0 Å². The van der Waals surface area contributed by atoms with E-state index in [0.717, 1.165) is 32.8 Å². The van der Waals surface area contributed by atoms with E-state index in [1.54, 1.807) is 11.3 Å². The molecule has 0 aliphatic rings. The SMILES string of the molecule is CC(=O)Oc1nc(-c2ccc(Cl)cc2)cc(-c2cccs2)c1-c1ccccc1. The Hall–Kier alpha value is -2.95. The second-order valence-electron chi connectivity index (χ2n) is 6.18. The number of hydrogen-bond donors (Lipinski definition) is 0. The van der Waals surface area contributed by atoms with Crippen LogP contribution in [0.5, 0.6) is 5.88 Å². The van der Waals surface area contributed by atoms with Gasteiger partial charge in [-0.3, -0.25) is 4.79 Å². The summed E-state index contributed by atoms with van der Waals surface area (Å²) in [5, 5.41) is 2.68. The Balaban J connectivity index is 2.00. The van der Waals surface area contributed by atoms with Gasteiger partial charge in [0.25, 0.3) is 0 Å². The lowest BCUT2D eigenvalue weighted by Gasteiger charge is -2.15. The fraction of sp³-hybridized carbons (Fsp3) is 0.0435. The molecule has 2 heterocycles. The van der Waals surface area contributed by atoms with Crippen LogP contribution in [0.3, 0.4) is 0 Å². The maximum absolute atomic E-state index is 11.8. The van der Waals surface area contributed by atoms with Gasteiger partial charge in [-0.2, -0.15) is 0 Å². The molecule has 0 atom stereocenters. The molecule has 5 heteroatoms. The third-order valence-electron chi connectivity index (χ3n) is 4.22. The van der Waals surface area contributed by atoms with E-state index in [1.807, 2.05) is 72.1 Å². The Labute approximate surface area is 172 Å². The van der Waals surface area contributed by atoms with Gasteiger partial charge in [0.2, 0.25) is 5.88 Å². The van der Waals surface area contributed by atoms with Crippen LogP contribution in [0.1, 0.15) is 6.92 Å². The van der Waals surface area contributed by atoms with Crippen LogP contribution in [0.4, 0.5) is 0 Å². The fourth-order valence-corrected chi connectivity index (χ4v) is 3.88. The number of halogens is 1. The molecule has 0 aliphatic carbocycles. The largest absolute Gasteiger partial charge is 0.407 e. The van der Waals surface area contributed by atoms with Crippen molar-refractivity contribution in [2.45, 2.75) is 6.92 Å². The van der Waals surface area contributed by atoms with Gasteiger partial charge >= 0.3 is 5.97 Å². The van der Waals surface area contributed by atoms with Gasteiger partial charge in [0.1, 0.15) is 0 Å². The summed E-state index contributed by atoms with van der Waals surface area (Å²) >= 11 is 7.66. The van der Waals surface area contributed by atoms with E-state index in [4.69, 9.17) is 16.3 Å². The predicted molar refractivity (Wildman–Crippen MR) is 115 cm³/mol. The summed E-state index contributed by atoms with van der Waals surface area (Å²) in [6.07, 6.45) is 0. The molecule has 0 fully saturated rings. The van der Waals surface area contributed by atoms with E-state index < -0.39 is 5.97 Å². The van der Waals surface area contributed by atoms with E-state index in [9.17, 15) is 4.79 Å². The van der Waals surface area contributed by atoms with Gasteiger partial charge in [-0.25, -0.2) is 4.98 Å². The normalized spacial score (nSPS) is 10.6. The van der Waals surface area contributed by atoms with Crippen molar-refractivity contribution < 1.29 is 9.53 Å². The summed E-state index contributed by atoms with van der Waals surface area (Å²) in [5.74, 6) is -0.107. The van der Waals surface area contributed by atoms with Crippen LogP contribution in [0.2, 0.25) is 5.02 Å². The van der Waals surface area contributed by atoms with Gasteiger partial charge in [-0.05, 0) is 35.2 Å². The Kier molecular flexibility index (Phi) is 5.24. The number of carbonyl (C=O) groups excluding carboxylic acids is 1. The number of ether oxygens (including phenoxy) is 1. The molecule has 0 spiro atoms. The molecule has 3 nitrogen and oxygen atoms in total. The molecule has 0 bridgehead atoms. The van der Waals surface area contributed by atoms with E-state index >= 15 is 0 Å². The minimum absolute atomic E-state index is 0.301. The van der Waals surface area contributed by atoms with Crippen LogP contribution in [-0.2, 0) is 4.79 Å². The second-order valence-corrected chi connectivity index (χ2v) is 7.56. The number of esters is 1. The molecule has 0 aliphatic heterocycles. The van der Waals surface area contributed by atoms with Crippen molar-refractivity contribution in [3.05, 3.63) is 83.2 Å². The van der Waals surface area contributed by atoms with Gasteiger partial charge in [-0.15, -0.1) is 11.3 Å². The molecular formula is C23H16ClNO2S. The van der Waals surface area contributed by atoms with E-state index in [1.165, 1.54) is 6.92 Å². The smallest absolute Gasteiger partial charge is 0.309 e. The van der Waals surface area contributed by atoms with Crippen LogP contribution in [-0.4, -0.2) is 11.0 Å². The average Bonchev–Trinajstić information content (AvgIpc) is 3.23. The maximum Gasteiger partial charge on any atom is 0.309 e. The fourth-order valence-electron chi connectivity index (χ4n) is 3.01. The molecule has 0 saturated carbocycles. The lowest BCUT2D eigenvalue weighted by molar-refractivity contribution is -0.132. The Bertz CT molecular complexity index is 1110. The summed E-state index contributed by atoms with van der Waals surface area (Å²) in [4.78, 5) is 17.6. The molecule has 0 amide bonds. The Morgan fingerprint density at radius 1 is 0.964 bits per heavy atom. The number of hydrogen-bond acceptors (Lipinski definition) is 4. The summed E-state index contributed by atoms with van der Waals surface area (Å²) in [6, 6.07) is 23.4. The van der Waals surface area contributed by atoms with E-state index in [2.05, 4.69) is 11.1 Å². The molecule has 4 rings (SSSR count). The first-order valence-corrected chi connectivity index (χ1v) is 9.96. The minimum atomic E-state index is -0.407. The van der Waals surface area contributed by atoms with Crippen LogP contribution in [0.25, 0.3) is 32.8 Å². The van der Waals surface area contributed by atoms with Gasteiger partial charge in [0.05, 0.1) is 11.3 Å². The third-order valence-corrected chi connectivity index (χ3v) is 5.37. The molecule has 2 aromatic heterocycles. The topological polar surface area (TPSA) is 39.2 Å². The number of nitrogens with zero attached hydrogens (tertiary/aromatic N) is 1. The lowest BCUT2D eigenvalue weighted by Crippen LogP contribution is -2.06. The van der Waals surface area contributed by atoms with Gasteiger partial charge < -0.3 is 4.74 Å². The summed E-state index contributed by atoms with van der Waals surface area (Å²) in [7, 11) is 0. The number of rotatable bonds is 4. The molecule has 0 saturated heterocycles. The van der Waals surface area contributed by atoms with Crippen molar-refractivity contribution in [1.82, 2.24) is 4.98 Å². The first-order chi connectivity index (χ1) is 13.6. The number of thiophene rings is 1. The molecule has 0 radical (unpaired) electrons. The van der Waals surface area contributed by atoms with Crippen LogP contribution in [0.15, 0.2) is 78.2 Å².